The van der Waals surface area contributed by atoms with E-state index < -0.39 is 0 Å². The minimum Gasteiger partial charge on any atom is -0.393 e. The molecule has 1 nitrogen and oxygen atoms in total. The van der Waals surface area contributed by atoms with Crippen LogP contribution in [0.25, 0.3) is 0 Å². The van der Waals surface area contributed by atoms with E-state index in [-0.39, 0.29) is 6.10 Å². The van der Waals surface area contributed by atoms with Crippen molar-refractivity contribution in [1.82, 2.24) is 0 Å². The summed E-state index contributed by atoms with van der Waals surface area (Å²) in [5.74, 6) is 1.19. The first kappa shape index (κ1) is 7.32. The molecule has 0 radical (unpaired) electrons. The van der Waals surface area contributed by atoms with E-state index in [1.54, 1.807) is 11.3 Å². The number of aliphatic hydroxyl groups excluding tert-OH is 1. The molecule has 1 aromatic rings. The molecule has 0 aliphatic heterocycles. The van der Waals surface area contributed by atoms with E-state index in [9.17, 15) is 5.11 Å². The lowest BCUT2D eigenvalue weighted by Crippen LogP contribution is -2.02. The molecule has 1 aliphatic carbocycles. The van der Waals surface area contributed by atoms with Gasteiger partial charge in [-0.2, -0.15) is 11.3 Å². The van der Waals surface area contributed by atoms with Gasteiger partial charge in [-0.3, -0.25) is 0 Å². The summed E-state index contributed by atoms with van der Waals surface area (Å²) in [6.07, 6.45) is 1.05. The van der Waals surface area contributed by atoms with Gasteiger partial charge in [-0.15, -0.1) is 0 Å². The molecule has 1 fully saturated rings. The summed E-state index contributed by atoms with van der Waals surface area (Å²) in [4.78, 5) is 0. The zero-order chi connectivity index (χ0) is 7.84. The highest BCUT2D eigenvalue weighted by atomic mass is 32.1. The van der Waals surface area contributed by atoms with Crippen LogP contribution in [0.1, 0.15) is 24.8 Å². The third-order valence-corrected chi connectivity index (χ3v) is 3.13. The normalized spacial score (nSPS) is 31.8. The van der Waals surface area contributed by atoms with Gasteiger partial charge in [0, 0.05) is 0 Å². The Balaban J connectivity index is 2.02. The van der Waals surface area contributed by atoms with Gasteiger partial charge in [0.1, 0.15) is 0 Å². The van der Waals surface area contributed by atoms with Crippen LogP contribution in [0.4, 0.5) is 0 Å². The van der Waals surface area contributed by atoms with Gasteiger partial charge in [0.2, 0.25) is 0 Å². The van der Waals surface area contributed by atoms with Crippen molar-refractivity contribution >= 4 is 11.3 Å². The standard InChI is InChI=1S/C9H12OS/c1-6(10)8-4-9(8)7-2-3-11-5-7/h2-3,5-6,8-10H,4H2,1H3/t6-,8-,9-/m0/s1. The number of aliphatic hydroxyl groups is 1. The molecule has 1 saturated carbocycles. The Morgan fingerprint density at radius 2 is 2.55 bits per heavy atom. The van der Waals surface area contributed by atoms with E-state index >= 15 is 0 Å². The van der Waals surface area contributed by atoms with Gasteiger partial charge in [-0.1, -0.05) is 0 Å². The molecular weight excluding hydrogens is 156 g/mol. The maximum Gasteiger partial charge on any atom is 0.0546 e. The van der Waals surface area contributed by atoms with Gasteiger partial charge in [0.05, 0.1) is 6.10 Å². The number of thiophene rings is 1. The fraction of sp³-hybridized carbons (Fsp3) is 0.556. The number of hydrogen-bond acceptors (Lipinski definition) is 2. The number of hydrogen-bond donors (Lipinski definition) is 1. The van der Waals surface area contributed by atoms with Crippen LogP contribution in [0.2, 0.25) is 0 Å². The van der Waals surface area contributed by atoms with Gasteiger partial charge in [-0.25, -0.2) is 0 Å². The molecule has 60 valence electrons. The fourth-order valence-corrected chi connectivity index (χ4v) is 2.34. The topological polar surface area (TPSA) is 20.2 Å². The van der Waals surface area contributed by atoms with Crippen molar-refractivity contribution in [3.8, 4) is 0 Å². The second kappa shape index (κ2) is 2.61. The average molecular weight is 168 g/mol. The highest BCUT2D eigenvalue weighted by molar-refractivity contribution is 7.08. The summed E-state index contributed by atoms with van der Waals surface area (Å²) >= 11 is 1.74. The summed E-state index contributed by atoms with van der Waals surface area (Å²) in [5, 5.41) is 13.6. The molecule has 1 aliphatic rings. The van der Waals surface area contributed by atoms with E-state index in [0.29, 0.717) is 11.8 Å². The quantitative estimate of drug-likeness (QED) is 0.718. The van der Waals surface area contributed by atoms with Crippen LogP contribution >= 0.6 is 11.3 Å². The monoisotopic (exact) mass is 168 g/mol. The van der Waals surface area contributed by atoms with Gasteiger partial charge >= 0.3 is 0 Å². The van der Waals surface area contributed by atoms with E-state index in [4.69, 9.17) is 0 Å². The Hall–Kier alpha value is -0.340. The fourth-order valence-electron chi connectivity index (χ4n) is 1.62. The van der Waals surface area contributed by atoms with Crippen molar-refractivity contribution < 1.29 is 5.11 Å². The molecule has 0 aromatic carbocycles. The Kier molecular flexibility index (Phi) is 1.74. The first-order valence-corrected chi connectivity index (χ1v) is 4.93. The van der Waals surface area contributed by atoms with Crippen molar-refractivity contribution in [2.45, 2.75) is 25.4 Å². The van der Waals surface area contributed by atoms with Crippen LogP contribution in [0.3, 0.4) is 0 Å². The molecular formula is C9H12OS. The minimum atomic E-state index is -0.125. The molecule has 0 spiro atoms. The Morgan fingerprint density at radius 3 is 3.00 bits per heavy atom. The van der Waals surface area contributed by atoms with Gasteiger partial charge < -0.3 is 5.11 Å². The van der Waals surface area contributed by atoms with Crippen LogP contribution in [0.5, 0.6) is 0 Å². The number of rotatable bonds is 2. The summed E-state index contributed by atoms with van der Waals surface area (Å²) in [6, 6.07) is 2.16. The van der Waals surface area contributed by atoms with Crippen molar-refractivity contribution in [2.75, 3.05) is 0 Å². The lowest BCUT2D eigenvalue weighted by Gasteiger charge is -1.99. The molecule has 0 saturated heterocycles. The van der Waals surface area contributed by atoms with E-state index in [0.717, 1.165) is 0 Å². The first-order chi connectivity index (χ1) is 5.29. The molecule has 11 heavy (non-hydrogen) atoms. The second-order valence-corrected chi connectivity index (χ2v) is 4.08. The van der Waals surface area contributed by atoms with E-state index in [1.165, 1.54) is 12.0 Å². The minimum absolute atomic E-state index is 0.125. The second-order valence-electron chi connectivity index (χ2n) is 3.30. The van der Waals surface area contributed by atoms with Crippen molar-refractivity contribution in [3.05, 3.63) is 22.4 Å². The SMILES string of the molecule is C[C@H](O)[C@@H]1C[C@H]1c1ccsc1. The summed E-state index contributed by atoms with van der Waals surface area (Å²) in [6.45, 7) is 1.89. The lowest BCUT2D eigenvalue weighted by atomic mass is 10.1. The first-order valence-electron chi connectivity index (χ1n) is 3.99. The van der Waals surface area contributed by atoms with Crippen LogP contribution < -0.4 is 0 Å². The zero-order valence-corrected chi connectivity index (χ0v) is 7.34. The average Bonchev–Trinajstić information content (AvgIpc) is 2.60. The maximum absolute atomic E-state index is 9.26. The highest BCUT2D eigenvalue weighted by Crippen LogP contribution is 2.49. The molecule has 3 atom stereocenters. The molecule has 1 aromatic heterocycles. The highest BCUT2D eigenvalue weighted by Gasteiger charge is 2.41. The maximum atomic E-state index is 9.26. The van der Waals surface area contributed by atoms with Crippen LogP contribution in [0.15, 0.2) is 16.8 Å². The molecule has 0 bridgehead atoms. The van der Waals surface area contributed by atoms with E-state index in [1.807, 2.05) is 6.92 Å². The van der Waals surface area contributed by atoms with Crippen molar-refractivity contribution in [3.63, 3.8) is 0 Å². The molecule has 1 heterocycles. The van der Waals surface area contributed by atoms with Crippen LogP contribution in [-0.2, 0) is 0 Å². The predicted molar refractivity (Wildman–Crippen MR) is 46.8 cm³/mol. The molecule has 0 unspecified atom stereocenters. The van der Waals surface area contributed by atoms with Gasteiger partial charge in [0.15, 0.2) is 0 Å². The summed E-state index contributed by atoms with van der Waals surface area (Å²) in [5.41, 5.74) is 1.42. The summed E-state index contributed by atoms with van der Waals surface area (Å²) in [7, 11) is 0. The molecule has 0 amide bonds. The Bertz CT molecular complexity index is 228. The van der Waals surface area contributed by atoms with Crippen molar-refractivity contribution in [1.29, 1.82) is 0 Å². The third kappa shape index (κ3) is 1.33. The predicted octanol–water partition coefficient (Wildman–Crippen LogP) is 2.23. The molecule has 2 rings (SSSR count). The molecule has 1 N–H and O–H groups in total. The van der Waals surface area contributed by atoms with Crippen LogP contribution in [0, 0.1) is 5.92 Å². The van der Waals surface area contributed by atoms with Crippen molar-refractivity contribution in [2.24, 2.45) is 5.92 Å². The third-order valence-electron chi connectivity index (χ3n) is 2.43. The largest absolute Gasteiger partial charge is 0.393 e. The Labute approximate surface area is 70.7 Å². The van der Waals surface area contributed by atoms with Crippen LogP contribution in [-0.4, -0.2) is 11.2 Å². The van der Waals surface area contributed by atoms with Gasteiger partial charge in [-0.05, 0) is 47.6 Å². The Morgan fingerprint density at radius 1 is 1.73 bits per heavy atom. The smallest absolute Gasteiger partial charge is 0.0546 e. The zero-order valence-electron chi connectivity index (χ0n) is 6.53. The van der Waals surface area contributed by atoms with Gasteiger partial charge in [0.25, 0.3) is 0 Å². The van der Waals surface area contributed by atoms with E-state index in [2.05, 4.69) is 16.8 Å². The molecule has 2 heteroatoms. The summed E-state index contributed by atoms with van der Waals surface area (Å²) < 4.78 is 0. The lowest BCUT2D eigenvalue weighted by molar-refractivity contribution is 0.169.